The molecule has 2 N–H and O–H groups in total. The van der Waals surface area contributed by atoms with Crippen LogP contribution in [0.15, 0.2) is 41.5 Å². The number of ether oxygens (including phenoxy) is 3. The number of carbonyl (C=O) groups excluding carboxylic acids is 2. The maximum atomic E-state index is 12.1. The fraction of sp³-hybridized carbons (Fsp3) is 0.348. The number of methoxy groups -OCH3 is 1. The van der Waals surface area contributed by atoms with Crippen molar-refractivity contribution in [2.75, 3.05) is 26.9 Å². The van der Waals surface area contributed by atoms with Crippen molar-refractivity contribution in [2.45, 2.75) is 26.7 Å². The summed E-state index contributed by atoms with van der Waals surface area (Å²) in [5, 5.41) is 6.70. The van der Waals surface area contributed by atoms with Crippen molar-refractivity contribution in [1.29, 1.82) is 0 Å². The first-order valence-electron chi connectivity index (χ1n) is 10.3. The van der Waals surface area contributed by atoms with Gasteiger partial charge in [-0.3, -0.25) is 9.59 Å². The van der Waals surface area contributed by atoms with Gasteiger partial charge in [0.2, 0.25) is 5.91 Å². The Morgan fingerprint density at radius 1 is 1.12 bits per heavy atom. The molecule has 0 aliphatic rings. The monoisotopic (exact) mass is 553 g/mol. The van der Waals surface area contributed by atoms with Crippen molar-refractivity contribution < 1.29 is 23.8 Å². The van der Waals surface area contributed by atoms with Crippen LogP contribution in [0.4, 0.5) is 0 Å². The van der Waals surface area contributed by atoms with Crippen LogP contribution in [0.3, 0.4) is 0 Å². The predicted octanol–water partition coefficient (Wildman–Crippen LogP) is 3.76. The lowest BCUT2D eigenvalue weighted by Crippen LogP contribution is -2.29. The number of halogens is 1. The molecule has 0 saturated heterocycles. The van der Waals surface area contributed by atoms with Gasteiger partial charge in [0.1, 0.15) is 5.75 Å². The summed E-state index contributed by atoms with van der Waals surface area (Å²) in [5.41, 5.74) is 3.74. The van der Waals surface area contributed by atoms with Crippen molar-refractivity contribution in [1.82, 2.24) is 10.7 Å². The van der Waals surface area contributed by atoms with E-state index in [2.05, 4.69) is 38.4 Å². The van der Waals surface area contributed by atoms with E-state index < -0.39 is 0 Å². The summed E-state index contributed by atoms with van der Waals surface area (Å²) in [6.45, 7) is 5.26. The highest BCUT2D eigenvalue weighted by Gasteiger charge is 2.12. The Kier molecular flexibility index (Phi) is 10.8. The first-order valence-corrected chi connectivity index (χ1v) is 11.4. The summed E-state index contributed by atoms with van der Waals surface area (Å²) in [7, 11) is 1.56. The first kappa shape index (κ1) is 25.4. The molecule has 172 valence electrons. The highest BCUT2D eigenvalue weighted by atomic mass is 127. The van der Waals surface area contributed by atoms with Gasteiger partial charge in [0.05, 0.1) is 30.1 Å². The van der Waals surface area contributed by atoms with E-state index >= 15 is 0 Å². The largest absolute Gasteiger partial charge is 0.497 e. The molecular formula is C23H28IN3O5. The molecule has 2 rings (SSSR count). The lowest BCUT2D eigenvalue weighted by molar-refractivity contribution is -0.120. The third-order valence-corrected chi connectivity index (χ3v) is 4.98. The zero-order chi connectivity index (χ0) is 23.3. The van der Waals surface area contributed by atoms with Crippen LogP contribution in [0.2, 0.25) is 0 Å². The van der Waals surface area contributed by atoms with Gasteiger partial charge in [-0.05, 0) is 77.9 Å². The Labute approximate surface area is 201 Å². The fourth-order valence-corrected chi connectivity index (χ4v) is 3.42. The van der Waals surface area contributed by atoms with Crippen LogP contribution >= 0.6 is 22.6 Å². The number of nitrogens with zero attached hydrogens (tertiary/aromatic N) is 1. The van der Waals surface area contributed by atoms with E-state index in [0.717, 1.165) is 15.6 Å². The van der Waals surface area contributed by atoms with E-state index in [0.29, 0.717) is 36.0 Å². The topological polar surface area (TPSA) is 98.2 Å². The molecule has 9 heteroatoms. The van der Waals surface area contributed by atoms with Crippen LogP contribution in [-0.4, -0.2) is 44.9 Å². The van der Waals surface area contributed by atoms with Gasteiger partial charge in [-0.1, -0.05) is 6.92 Å². The Hall–Kier alpha value is -2.82. The van der Waals surface area contributed by atoms with Crippen LogP contribution in [0, 0.1) is 3.57 Å². The Bertz CT molecular complexity index is 932. The predicted molar refractivity (Wildman–Crippen MR) is 132 cm³/mol. The van der Waals surface area contributed by atoms with Crippen molar-refractivity contribution in [3.63, 3.8) is 0 Å². The maximum absolute atomic E-state index is 12.1. The summed E-state index contributed by atoms with van der Waals surface area (Å²) >= 11 is 2.19. The van der Waals surface area contributed by atoms with Crippen LogP contribution in [-0.2, 0) is 4.79 Å². The summed E-state index contributed by atoms with van der Waals surface area (Å²) in [6, 6.07) is 10.5. The fourth-order valence-electron chi connectivity index (χ4n) is 2.64. The summed E-state index contributed by atoms with van der Waals surface area (Å²) in [6.07, 6.45) is 2.55. The minimum atomic E-state index is -0.307. The average molecular weight is 553 g/mol. The molecule has 2 aromatic carbocycles. The third-order valence-electron chi connectivity index (χ3n) is 4.17. The molecule has 0 aliphatic heterocycles. The van der Waals surface area contributed by atoms with Crippen LogP contribution in [0.1, 0.15) is 42.6 Å². The molecule has 0 saturated carbocycles. The van der Waals surface area contributed by atoms with E-state index in [1.165, 1.54) is 0 Å². The third kappa shape index (κ3) is 8.03. The Morgan fingerprint density at radius 2 is 1.88 bits per heavy atom. The molecule has 8 nitrogen and oxygen atoms in total. The Balaban J connectivity index is 1.85. The molecule has 2 amide bonds. The number of rotatable bonds is 12. The normalized spacial score (nSPS) is 10.6. The van der Waals surface area contributed by atoms with Gasteiger partial charge in [0.25, 0.3) is 5.91 Å². The van der Waals surface area contributed by atoms with E-state index in [1.807, 2.05) is 26.0 Å². The molecule has 0 atom stereocenters. The zero-order valence-corrected chi connectivity index (χ0v) is 20.6. The Morgan fingerprint density at radius 3 is 2.53 bits per heavy atom. The molecular weight excluding hydrogens is 525 g/mol. The minimum absolute atomic E-state index is 0.102. The molecule has 0 fully saturated rings. The van der Waals surface area contributed by atoms with Crippen molar-refractivity contribution in [3.8, 4) is 17.2 Å². The van der Waals surface area contributed by atoms with Crippen LogP contribution in [0.25, 0.3) is 0 Å². The molecule has 2 aromatic rings. The molecule has 0 spiro atoms. The molecule has 32 heavy (non-hydrogen) atoms. The van der Waals surface area contributed by atoms with Crippen molar-refractivity contribution >= 4 is 40.6 Å². The van der Waals surface area contributed by atoms with Gasteiger partial charge in [-0.25, -0.2) is 5.43 Å². The molecule has 0 heterocycles. The van der Waals surface area contributed by atoms with Crippen molar-refractivity contribution in [3.05, 3.63) is 51.1 Å². The first-order chi connectivity index (χ1) is 15.5. The van der Waals surface area contributed by atoms with E-state index in [9.17, 15) is 9.59 Å². The molecule has 0 unspecified atom stereocenters. The molecule has 0 bridgehead atoms. The summed E-state index contributed by atoms with van der Waals surface area (Å²) in [5.74, 6) is 1.46. The van der Waals surface area contributed by atoms with E-state index in [1.54, 1.807) is 37.6 Å². The highest BCUT2D eigenvalue weighted by Crippen LogP contribution is 2.34. The standard InChI is InChI=1S/C23H28IN3O5/c1-4-12-32-22-19(24)13-16(14-20(22)31-5-2)15-26-27-21(28)10-11-25-23(29)17-6-8-18(30-3)9-7-17/h6-9,13-15H,4-5,10-12H2,1-3H3,(H,25,29)(H,27,28). The highest BCUT2D eigenvalue weighted by molar-refractivity contribution is 14.1. The van der Waals surface area contributed by atoms with E-state index in [-0.39, 0.29) is 24.8 Å². The number of hydrogen-bond acceptors (Lipinski definition) is 6. The van der Waals surface area contributed by atoms with E-state index in [4.69, 9.17) is 14.2 Å². The van der Waals surface area contributed by atoms with Gasteiger partial charge in [-0.15, -0.1) is 0 Å². The van der Waals surface area contributed by atoms with Gasteiger partial charge in [0.15, 0.2) is 11.5 Å². The number of nitrogens with one attached hydrogen (secondary N) is 2. The average Bonchev–Trinajstić information content (AvgIpc) is 2.79. The number of hydrogen-bond donors (Lipinski definition) is 2. The maximum Gasteiger partial charge on any atom is 0.251 e. The lowest BCUT2D eigenvalue weighted by Gasteiger charge is -2.14. The van der Waals surface area contributed by atoms with Gasteiger partial charge < -0.3 is 19.5 Å². The van der Waals surface area contributed by atoms with Gasteiger partial charge >= 0.3 is 0 Å². The number of amides is 2. The number of hydrazone groups is 1. The lowest BCUT2D eigenvalue weighted by atomic mass is 10.2. The van der Waals surface area contributed by atoms with Crippen LogP contribution in [0.5, 0.6) is 17.2 Å². The summed E-state index contributed by atoms with van der Waals surface area (Å²) < 4.78 is 17.4. The second-order valence-corrected chi connectivity index (χ2v) is 7.80. The van der Waals surface area contributed by atoms with Gasteiger partial charge in [-0.2, -0.15) is 5.10 Å². The SMILES string of the molecule is CCCOc1c(I)cc(C=NNC(=O)CCNC(=O)c2ccc(OC)cc2)cc1OCC. The summed E-state index contributed by atoms with van der Waals surface area (Å²) in [4.78, 5) is 24.1. The second kappa shape index (κ2) is 13.6. The minimum Gasteiger partial charge on any atom is -0.497 e. The second-order valence-electron chi connectivity index (χ2n) is 6.64. The van der Waals surface area contributed by atoms with Gasteiger partial charge in [0, 0.05) is 18.5 Å². The van der Waals surface area contributed by atoms with Crippen molar-refractivity contribution in [2.24, 2.45) is 5.10 Å². The molecule has 0 aromatic heterocycles. The van der Waals surface area contributed by atoms with Crippen LogP contribution < -0.4 is 25.0 Å². The smallest absolute Gasteiger partial charge is 0.251 e. The number of carbonyl (C=O) groups is 2. The quantitative estimate of drug-likeness (QED) is 0.237. The molecule has 0 aliphatic carbocycles. The zero-order valence-electron chi connectivity index (χ0n) is 18.4. The molecule has 0 radical (unpaired) electrons. The number of benzene rings is 2.